The molecule has 0 saturated heterocycles. The van der Waals surface area contributed by atoms with Gasteiger partial charge in [0.15, 0.2) is 0 Å². The minimum atomic E-state index is -0.286. The predicted octanol–water partition coefficient (Wildman–Crippen LogP) is 2.20. The molecular formula is C11H14FNO. The lowest BCUT2D eigenvalue weighted by Crippen LogP contribution is -1.98. The molecule has 0 aliphatic rings. The standard InChI is InChI=1S/C11H14FNO/c1-8(6-7-13)11-9(12)4-3-5-10(11)14-2/h3-6H,7,13H2,1-2H3/b8-6+. The summed E-state index contributed by atoms with van der Waals surface area (Å²) in [6, 6.07) is 4.76. The quantitative estimate of drug-likeness (QED) is 0.802. The Bertz CT molecular complexity index is 347. The molecule has 0 heterocycles. The monoisotopic (exact) mass is 195 g/mol. The van der Waals surface area contributed by atoms with Crippen LogP contribution in [0, 0.1) is 5.82 Å². The van der Waals surface area contributed by atoms with E-state index in [4.69, 9.17) is 10.5 Å². The first-order valence-electron chi connectivity index (χ1n) is 4.40. The highest BCUT2D eigenvalue weighted by molar-refractivity contribution is 5.69. The summed E-state index contributed by atoms with van der Waals surface area (Å²) in [5.74, 6) is 0.249. The van der Waals surface area contributed by atoms with Crippen LogP contribution in [0.4, 0.5) is 4.39 Å². The Morgan fingerprint density at radius 3 is 2.86 bits per heavy atom. The van der Waals surface area contributed by atoms with Crippen molar-refractivity contribution in [1.82, 2.24) is 0 Å². The van der Waals surface area contributed by atoms with Crippen molar-refractivity contribution in [2.45, 2.75) is 6.92 Å². The molecule has 2 N–H and O–H groups in total. The zero-order valence-electron chi connectivity index (χ0n) is 8.38. The third kappa shape index (κ3) is 2.12. The van der Waals surface area contributed by atoms with Gasteiger partial charge in [-0.1, -0.05) is 12.1 Å². The Labute approximate surface area is 83.2 Å². The molecule has 1 aromatic carbocycles. The van der Waals surface area contributed by atoms with Gasteiger partial charge in [0.05, 0.1) is 12.7 Å². The second-order valence-corrected chi connectivity index (χ2v) is 2.94. The fourth-order valence-electron chi connectivity index (χ4n) is 1.34. The van der Waals surface area contributed by atoms with Crippen molar-refractivity contribution in [2.75, 3.05) is 13.7 Å². The number of halogens is 1. The van der Waals surface area contributed by atoms with Crippen LogP contribution in [0.15, 0.2) is 24.3 Å². The number of allylic oxidation sites excluding steroid dienone is 1. The Balaban J connectivity index is 3.23. The first kappa shape index (κ1) is 10.7. The van der Waals surface area contributed by atoms with E-state index >= 15 is 0 Å². The summed E-state index contributed by atoms with van der Waals surface area (Å²) >= 11 is 0. The first-order chi connectivity index (χ1) is 6.70. The van der Waals surface area contributed by atoms with E-state index in [0.29, 0.717) is 17.9 Å². The van der Waals surface area contributed by atoms with Crippen molar-refractivity contribution < 1.29 is 9.13 Å². The summed E-state index contributed by atoms with van der Waals surface area (Å²) in [5, 5.41) is 0. The van der Waals surface area contributed by atoms with Crippen LogP contribution in [-0.2, 0) is 0 Å². The van der Waals surface area contributed by atoms with Gasteiger partial charge in [-0.25, -0.2) is 4.39 Å². The lowest BCUT2D eigenvalue weighted by atomic mass is 10.1. The van der Waals surface area contributed by atoms with Crippen LogP contribution in [0.1, 0.15) is 12.5 Å². The Morgan fingerprint density at radius 2 is 2.29 bits per heavy atom. The average molecular weight is 195 g/mol. The van der Waals surface area contributed by atoms with Crippen LogP contribution in [0.3, 0.4) is 0 Å². The number of ether oxygens (including phenoxy) is 1. The molecule has 1 aromatic rings. The number of rotatable bonds is 3. The molecule has 0 atom stereocenters. The lowest BCUT2D eigenvalue weighted by molar-refractivity contribution is 0.409. The maximum atomic E-state index is 13.4. The van der Waals surface area contributed by atoms with Crippen molar-refractivity contribution >= 4 is 5.57 Å². The van der Waals surface area contributed by atoms with Gasteiger partial charge in [0.25, 0.3) is 0 Å². The number of hydrogen-bond acceptors (Lipinski definition) is 2. The van der Waals surface area contributed by atoms with E-state index in [1.165, 1.54) is 13.2 Å². The Kier molecular flexibility index (Phi) is 3.65. The maximum absolute atomic E-state index is 13.4. The van der Waals surface area contributed by atoms with E-state index in [0.717, 1.165) is 5.57 Å². The van der Waals surface area contributed by atoms with E-state index in [2.05, 4.69) is 0 Å². The van der Waals surface area contributed by atoms with E-state index in [-0.39, 0.29) is 5.82 Å². The van der Waals surface area contributed by atoms with Crippen molar-refractivity contribution in [1.29, 1.82) is 0 Å². The molecule has 76 valence electrons. The van der Waals surface area contributed by atoms with Gasteiger partial charge in [-0.2, -0.15) is 0 Å². The summed E-state index contributed by atoms with van der Waals surface area (Å²) in [5.41, 5.74) is 6.65. The second-order valence-electron chi connectivity index (χ2n) is 2.94. The molecule has 14 heavy (non-hydrogen) atoms. The number of benzene rings is 1. The second kappa shape index (κ2) is 4.77. The largest absolute Gasteiger partial charge is 0.496 e. The van der Waals surface area contributed by atoms with Gasteiger partial charge in [0, 0.05) is 6.54 Å². The molecule has 0 saturated carbocycles. The topological polar surface area (TPSA) is 35.2 Å². The SMILES string of the molecule is COc1cccc(F)c1/C(C)=C/CN. The van der Waals surface area contributed by atoms with Crippen LogP contribution in [0.25, 0.3) is 5.57 Å². The van der Waals surface area contributed by atoms with E-state index < -0.39 is 0 Å². The van der Waals surface area contributed by atoms with Crippen LogP contribution in [0.5, 0.6) is 5.75 Å². The van der Waals surface area contributed by atoms with Gasteiger partial charge in [0.2, 0.25) is 0 Å². The van der Waals surface area contributed by atoms with Crippen molar-refractivity contribution in [2.24, 2.45) is 5.73 Å². The molecule has 0 unspecified atom stereocenters. The highest BCUT2D eigenvalue weighted by atomic mass is 19.1. The van der Waals surface area contributed by atoms with Crippen LogP contribution < -0.4 is 10.5 Å². The van der Waals surface area contributed by atoms with Crippen LogP contribution >= 0.6 is 0 Å². The van der Waals surface area contributed by atoms with Gasteiger partial charge >= 0.3 is 0 Å². The summed E-state index contributed by atoms with van der Waals surface area (Å²) in [4.78, 5) is 0. The minimum absolute atomic E-state index is 0.286. The fourth-order valence-corrected chi connectivity index (χ4v) is 1.34. The molecule has 0 amide bonds. The van der Waals surface area contributed by atoms with Crippen molar-refractivity contribution in [3.63, 3.8) is 0 Å². The van der Waals surface area contributed by atoms with Crippen molar-refractivity contribution in [3.05, 3.63) is 35.7 Å². The summed E-state index contributed by atoms with van der Waals surface area (Å²) in [6.45, 7) is 2.21. The predicted molar refractivity (Wildman–Crippen MR) is 55.7 cm³/mol. The van der Waals surface area contributed by atoms with Crippen molar-refractivity contribution in [3.8, 4) is 5.75 Å². The highest BCUT2D eigenvalue weighted by Gasteiger charge is 2.09. The fraction of sp³-hybridized carbons (Fsp3) is 0.273. The molecular weight excluding hydrogens is 181 g/mol. The van der Waals surface area contributed by atoms with Gasteiger partial charge in [-0.05, 0) is 24.6 Å². The molecule has 0 aliphatic heterocycles. The first-order valence-corrected chi connectivity index (χ1v) is 4.40. The van der Waals surface area contributed by atoms with Gasteiger partial charge in [-0.15, -0.1) is 0 Å². The number of methoxy groups -OCH3 is 1. The molecule has 0 radical (unpaired) electrons. The van der Waals surface area contributed by atoms with Gasteiger partial charge < -0.3 is 10.5 Å². The molecule has 0 fully saturated rings. The molecule has 2 nitrogen and oxygen atoms in total. The highest BCUT2D eigenvalue weighted by Crippen LogP contribution is 2.27. The summed E-state index contributed by atoms with van der Waals surface area (Å²) < 4.78 is 18.5. The van der Waals surface area contributed by atoms with Gasteiger partial charge in [-0.3, -0.25) is 0 Å². The normalized spacial score (nSPS) is 11.6. The van der Waals surface area contributed by atoms with Gasteiger partial charge in [0.1, 0.15) is 11.6 Å². The van der Waals surface area contributed by atoms with Crippen LogP contribution in [0.2, 0.25) is 0 Å². The van der Waals surface area contributed by atoms with E-state index in [9.17, 15) is 4.39 Å². The summed E-state index contributed by atoms with van der Waals surface area (Å²) in [7, 11) is 1.52. The molecule has 0 bridgehead atoms. The number of hydrogen-bond donors (Lipinski definition) is 1. The molecule has 1 rings (SSSR count). The minimum Gasteiger partial charge on any atom is -0.496 e. The Morgan fingerprint density at radius 1 is 1.57 bits per heavy atom. The zero-order valence-corrected chi connectivity index (χ0v) is 8.38. The van der Waals surface area contributed by atoms with E-state index in [1.54, 1.807) is 18.2 Å². The zero-order chi connectivity index (χ0) is 10.6. The smallest absolute Gasteiger partial charge is 0.134 e. The molecule has 0 aromatic heterocycles. The maximum Gasteiger partial charge on any atom is 0.134 e. The molecule has 0 spiro atoms. The number of nitrogens with two attached hydrogens (primary N) is 1. The average Bonchev–Trinajstić information content (AvgIpc) is 2.17. The third-order valence-corrected chi connectivity index (χ3v) is 2.01. The molecule has 0 aliphatic carbocycles. The Hall–Kier alpha value is -1.35. The lowest BCUT2D eigenvalue weighted by Gasteiger charge is -2.09. The van der Waals surface area contributed by atoms with Crippen LogP contribution in [-0.4, -0.2) is 13.7 Å². The third-order valence-electron chi connectivity index (χ3n) is 2.01. The summed E-state index contributed by atoms with van der Waals surface area (Å²) in [6.07, 6.45) is 1.76. The van der Waals surface area contributed by atoms with E-state index in [1.807, 2.05) is 6.92 Å². The molecule has 3 heteroatoms.